The fourth-order valence-electron chi connectivity index (χ4n) is 3.09. The minimum absolute atomic E-state index is 0.0798. The largest absolute Gasteiger partial charge is 0.480 e. The second-order valence-corrected chi connectivity index (χ2v) is 7.26. The highest BCUT2D eigenvalue weighted by Gasteiger charge is 2.18. The van der Waals surface area contributed by atoms with Crippen LogP contribution in [0, 0.1) is 18.3 Å². The Morgan fingerprint density at radius 3 is 2.61 bits per heavy atom. The lowest BCUT2D eigenvalue weighted by Gasteiger charge is -2.11. The number of methoxy groups -OCH3 is 1. The average Bonchev–Trinajstić information content (AvgIpc) is 3.31. The maximum atomic E-state index is 12.5. The molecule has 0 aliphatic heterocycles. The zero-order valence-corrected chi connectivity index (χ0v) is 18.7. The Morgan fingerprint density at radius 2 is 1.94 bits per heavy atom. The van der Waals surface area contributed by atoms with Crippen molar-refractivity contribution in [1.82, 2.24) is 30.6 Å². The molecule has 0 saturated heterocycles. The number of aryl methyl sites for hydroxylation is 2. The van der Waals surface area contributed by atoms with Crippen LogP contribution in [-0.4, -0.2) is 45.4 Å². The van der Waals surface area contributed by atoms with Gasteiger partial charge in [-0.25, -0.2) is 9.67 Å². The molecule has 33 heavy (non-hydrogen) atoms. The number of pyridine rings is 1. The van der Waals surface area contributed by atoms with Gasteiger partial charge in [-0.2, -0.15) is 5.26 Å². The number of amides is 2. The lowest BCUT2D eigenvalue weighted by Crippen LogP contribution is -2.28. The Balaban J connectivity index is 1.55. The normalized spacial score (nSPS) is 11.3. The molecule has 10 heteroatoms. The van der Waals surface area contributed by atoms with Crippen LogP contribution in [0.3, 0.4) is 0 Å². The first-order chi connectivity index (χ1) is 15.9. The van der Waals surface area contributed by atoms with E-state index in [2.05, 4.69) is 32.0 Å². The molecule has 2 heterocycles. The second kappa shape index (κ2) is 10.9. The Hall–Kier alpha value is -4.26. The lowest BCUT2D eigenvalue weighted by molar-refractivity contribution is 0.0934. The number of hydrogen-bond acceptors (Lipinski definition) is 7. The highest BCUT2D eigenvalue weighted by molar-refractivity contribution is 5.96. The van der Waals surface area contributed by atoms with Gasteiger partial charge in [0.1, 0.15) is 11.6 Å². The number of aromatic nitrogens is 4. The van der Waals surface area contributed by atoms with Crippen molar-refractivity contribution in [1.29, 1.82) is 5.26 Å². The summed E-state index contributed by atoms with van der Waals surface area (Å²) in [5.74, 6) is -0.584. The molecule has 0 saturated carbocycles. The van der Waals surface area contributed by atoms with Crippen molar-refractivity contribution in [3.63, 3.8) is 0 Å². The number of nitriles is 1. The van der Waals surface area contributed by atoms with Gasteiger partial charge in [-0.1, -0.05) is 36.4 Å². The topological polar surface area (TPSA) is 135 Å². The average molecular weight is 447 g/mol. The number of hydrogen-bond donors (Lipinski definition) is 2. The minimum Gasteiger partial charge on any atom is -0.480 e. The van der Waals surface area contributed by atoms with Crippen molar-refractivity contribution in [2.45, 2.75) is 32.9 Å². The van der Waals surface area contributed by atoms with E-state index in [4.69, 9.17) is 4.74 Å². The Bertz CT molecular complexity index is 1170. The van der Waals surface area contributed by atoms with Gasteiger partial charge in [0.25, 0.3) is 11.8 Å². The summed E-state index contributed by atoms with van der Waals surface area (Å²) < 4.78 is 6.60. The summed E-state index contributed by atoms with van der Waals surface area (Å²) in [6.07, 6.45) is 2.35. The van der Waals surface area contributed by atoms with Gasteiger partial charge in [0.15, 0.2) is 5.69 Å². The molecule has 1 atom stereocenters. The van der Waals surface area contributed by atoms with Crippen molar-refractivity contribution in [2.75, 3.05) is 13.7 Å². The SMILES string of the molecule is CCc1ccc(C(C#N)NC(=O)c2cn(CCNC(=O)c3ccc(C)nc3OC)nn2)cc1. The minimum atomic E-state index is -0.800. The zero-order chi connectivity index (χ0) is 23.8. The first kappa shape index (κ1) is 23.4. The fourth-order valence-corrected chi connectivity index (χ4v) is 3.09. The van der Waals surface area contributed by atoms with Gasteiger partial charge in [-0.3, -0.25) is 9.59 Å². The van der Waals surface area contributed by atoms with Gasteiger partial charge in [-0.05, 0) is 36.6 Å². The third-order valence-corrected chi connectivity index (χ3v) is 4.96. The number of nitrogens with zero attached hydrogens (tertiary/aromatic N) is 5. The van der Waals surface area contributed by atoms with Crippen molar-refractivity contribution in [2.24, 2.45) is 0 Å². The van der Waals surface area contributed by atoms with Crippen molar-refractivity contribution in [3.05, 3.63) is 70.7 Å². The van der Waals surface area contributed by atoms with E-state index < -0.39 is 11.9 Å². The molecule has 3 aromatic rings. The third-order valence-electron chi connectivity index (χ3n) is 4.96. The molecule has 0 fully saturated rings. The van der Waals surface area contributed by atoms with Gasteiger partial charge in [0.05, 0.1) is 25.9 Å². The van der Waals surface area contributed by atoms with E-state index in [0.717, 1.165) is 17.7 Å². The van der Waals surface area contributed by atoms with E-state index in [1.165, 1.54) is 18.0 Å². The summed E-state index contributed by atoms with van der Waals surface area (Å²) >= 11 is 0. The van der Waals surface area contributed by atoms with E-state index in [9.17, 15) is 14.9 Å². The molecule has 1 aromatic carbocycles. The molecule has 2 aromatic heterocycles. The molecule has 0 spiro atoms. The van der Waals surface area contributed by atoms with Crippen LogP contribution in [-0.2, 0) is 13.0 Å². The molecule has 0 bridgehead atoms. The van der Waals surface area contributed by atoms with Gasteiger partial charge >= 0.3 is 0 Å². The van der Waals surface area contributed by atoms with Gasteiger partial charge in [0, 0.05) is 12.2 Å². The maximum absolute atomic E-state index is 12.5. The standard InChI is InChI=1S/C23H25N7O3/c1-4-16-6-8-17(9-7-16)19(13-24)27-22(32)20-14-30(29-28-20)12-11-25-21(31)18-10-5-15(2)26-23(18)33-3/h5-10,14,19H,4,11-12H2,1-3H3,(H,25,31)(H,27,32). The van der Waals surface area contributed by atoms with Crippen molar-refractivity contribution >= 4 is 11.8 Å². The van der Waals surface area contributed by atoms with E-state index >= 15 is 0 Å². The monoisotopic (exact) mass is 447 g/mol. The van der Waals surface area contributed by atoms with Crippen LogP contribution < -0.4 is 15.4 Å². The van der Waals surface area contributed by atoms with Crippen LogP contribution in [0.25, 0.3) is 0 Å². The van der Waals surface area contributed by atoms with E-state index in [1.807, 2.05) is 38.1 Å². The summed E-state index contributed by atoms with van der Waals surface area (Å²) in [6, 6.07) is 12.2. The highest BCUT2D eigenvalue weighted by Crippen LogP contribution is 2.16. The van der Waals surface area contributed by atoms with E-state index in [-0.39, 0.29) is 24.0 Å². The molecule has 2 N–H and O–H groups in total. The number of benzene rings is 1. The van der Waals surface area contributed by atoms with E-state index in [0.29, 0.717) is 17.7 Å². The number of rotatable bonds is 9. The first-order valence-electron chi connectivity index (χ1n) is 10.4. The molecular formula is C23H25N7O3. The maximum Gasteiger partial charge on any atom is 0.274 e. The number of carbonyl (C=O) groups is 2. The fraction of sp³-hybridized carbons (Fsp3) is 0.304. The predicted octanol–water partition coefficient (Wildman–Crippen LogP) is 1.98. The summed E-state index contributed by atoms with van der Waals surface area (Å²) in [5, 5.41) is 22.7. The third kappa shape index (κ3) is 5.92. The van der Waals surface area contributed by atoms with Crippen molar-refractivity contribution < 1.29 is 14.3 Å². The first-order valence-corrected chi connectivity index (χ1v) is 10.4. The molecule has 10 nitrogen and oxygen atoms in total. The quantitative estimate of drug-likeness (QED) is 0.512. The lowest BCUT2D eigenvalue weighted by atomic mass is 10.0. The second-order valence-electron chi connectivity index (χ2n) is 7.26. The number of ether oxygens (including phenoxy) is 1. The highest BCUT2D eigenvalue weighted by atomic mass is 16.5. The van der Waals surface area contributed by atoms with Crippen LogP contribution in [0.5, 0.6) is 5.88 Å². The van der Waals surface area contributed by atoms with Crippen LogP contribution in [0.4, 0.5) is 0 Å². The Labute approximate surface area is 191 Å². The molecule has 3 rings (SSSR count). The van der Waals surface area contributed by atoms with Crippen LogP contribution in [0.15, 0.2) is 42.6 Å². The summed E-state index contributed by atoms with van der Waals surface area (Å²) in [5.41, 5.74) is 2.99. The Kier molecular flexibility index (Phi) is 7.70. The molecule has 170 valence electrons. The molecule has 0 aliphatic rings. The smallest absolute Gasteiger partial charge is 0.274 e. The summed E-state index contributed by atoms with van der Waals surface area (Å²) in [6.45, 7) is 4.41. The summed E-state index contributed by atoms with van der Waals surface area (Å²) in [7, 11) is 1.46. The zero-order valence-electron chi connectivity index (χ0n) is 18.7. The number of nitrogens with one attached hydrogen (secondary N) is 2. The Morgan fingerprint density at radius 1 is 1.18 bits per heavy atom. The van der Waals surface area contributed by atoms with Crippen LogP contribution in [0.1, 0.15) is 50.6 Å². The van der Waals surface area contributed by atoms with Crippen LogP contribution >= 0.6 is 0 Å². The van der Waals surface area contributed by atoms with Gasteiger partial charge in [-0.15, -0.1) is 5.10 Å². The molecule has 0 radical (unpaired) electrons. The van der Waals surface area contributed by atoms with Gasteiger partial charge < -0.3 is 15.4 Å². The number of carbonyl (C=O) groups excluding carboxylic acids is 2. The molecular weight excluding hydrogens is 422 g/mol. The predicted molar refractivity (Wildman–Crippen MR) is 120 cm³/mol. The van der Waals surface area contributed by atoms with Crippen molar-refractivity contribution in [3.8, 4) is 11.9 Å². The summed E-state index contributed by atoms with van der Waals surface area (Å²) in [4.78, 5) is 29.1. The van der Waals surface area contributed by atoms with Crippen LogP contribution in [0.2, 0.25) is 0 Å². The molecule has 1 unspecified atom stereocenters. The molecule has 0 aliphatic carbocycles. The molecule has 2 amide bonds. The van der Waals surface area contributed by atoms with E-state index in [1.54, 1.807) is 12.1 Å². The van der Waals surface area contributed by atoms with Gasteiger partial charge in [0.2, 0.25) is 5.88 Å².